The first-order valence-electron chi connectivity index (χ1n) is 3.83. The number of hydrogen-bond acceptors (Lipinski definition) is 1. The summed E-state index contributed by atoms with van der Waals surface area (Å²) in [5.74, 6) is 0. The summed E-state index contributed by atoms with van der Waals surface area (Å²) in [7, 11) is 0. The van der Waals surface area contributed by atoms with Crippen molar-refractivity contribution in [1.82, 2.24) is 0 Å². The van der Waals surface area contributed by atoms with Crippen molar-refractivity contribution in [3.05, 3.63) is 55.0 Å². The van der Waals surface area contributed by atoms with Gasteiger partial charge in [0.15, 0.2) is 0 Å². The van der Waals surface area contributed by atoms with E-state index in [-0.39, 0.29) is 0 Å². The fraction of sp³-hybridized carbons (Fsp3) is 0.0909. The molecule has 0 unspecified atom stereocenters. The molecular weight excluding hydrogens is 148 g/mol. The van der Waals surface area contributed by atoms with E-state index in [9.17, 15) is 0 Å². The van der Waals surface area contributed by atoms with Gasteiger partial charge >= 0.3 is 0 Å². The van der Waals surface area contributed by atoms with Gasteiger partial charge in [0.2, 0.25) is 0 Å². The normalized spacial score (nSPS) is 10.9. The summed E-state index contributed by atoms with van der Waals surface area (Å²) in [4.78, 5) is 0. The molecule has 1 rings (SSSR count). The zero-order chi connectivity index (χ0) is 8.81. The number of benzene rings is 1. The van der Waals surface area contributed by atoms with Gasteiger partial charge in [-0.2, -0.15) is 0 Å². The zero-order valence-electron chi connectivity index (χ0n) is 7.16. The van der Waals surface area contributed by atoms with E-state index in [0.29, 0.717) is 0 Å². The van der Waals surface area contributed by atoms with Crippen LogP contribution in [0, 0.1) is 0 Å². The van der Waals surface area contributed by atoms with E-state index < -0.39 is 0 Å². The summed E-state index contributed by atoms with van der Waals surface area (Å²) >= 11 is 0. The van der Waals surface area contributed by atoms with Crippen molar-refractivity contribution in [1.29, 1.82) is 0 Å². The Morgan fingerprint density at radius 3 is 2.58 bits per heavy atom. The van der Waals surface area contributed by atoms with Gasteiger partial charge in [0.25, 0.3) is 0 Å². The van der Waals surface area contributed by atoms with E-state index in [1.54, 1.807) is 6.26 Å². The van der Waals surface area contributed by atoms with Crippen LogP contribution in [0.15, 0.2) is 49.4 Å². The van der Waals surface area contributed by atoms with E-state index in [1.807, 2.05) is 37.3 Å². The molecule has 0 aliphatic heterocycles. The lowest BCUT2D eigenvalue weighted by atomic mass is 10.1. The molecule has 0 amide bonds. The van der Waals surface area contributed by atoms with Crippen LogP contribution in [0.3, 0.4) is 0 Å². The van der Waals surface area contributed by atoms with Crippen molar-refractivity contribution in [2.75, 3.05) is 0 Å². The Balaban J connectivity index is 2.77. The molecule has 0 atom stereocenters. The van der Waals surface area contributed by atoms with Crippen molar-refractivity contribution in [3.63, 3.8) is 0 Å². The lowest BCUT2D eigenvalue weighted by Crippen LogP contribution is -1.78. The molecule has 0 heterocycles. The molecule has 1 aromatic rings. The molecule has 0 N–H and O–H groups in total. The van der Waals surface area contributed by atoms with Crippen LogP contribution in [-0.2, 0) is 4.74 Å². The van der Waals surface area contributed by atoms with Gasteiger partial charge in [-0.05, 0) is 18.1 Å². The predicted octanol–water partition coefficient (Wildman–Crippen LogP) is 3.21. The fourth-order valence-corrected chi connectivity index (χ4v) is 0.919. The summed E-state index contributed by atoms with van der Waals surface area (Å²) in [6.45, 7) is 5.46. The maximum Gasteiger partial charge on any atom is 0.0936 e. The topological polar surface area (TPSA) is 9.23 Å². The average molecular weight is 160 g/mol. The van der Waals surface area contributed by atoms with Crippen LogP contribution in [0.25, 0.3) is 5.57 Å². The monoisotopic (exact) mass is 160 g/mol. The Labute approximate surface area is 73.0 Å². The van der Waals surface area contributed by atoms with Crippen LogP contribution in [0.2, 0.25) is 0 Å². The van der Waals surface area contributed by atoms with E-state index in [1.165, 1.54) is 11.8 Å². The molecular formula is C11H12O. The van der Waals surface area contributed by atoms with Crippen LogP contribution in [0.1, 0.15) is 12.5 Å². The molecule has 0 saturated carbocycles. The molecule has 12 heavy (non-hydrogen) atoms. The van der Waals surface area contributed by atoms with Gasteiger partial charge < -0.3 is 4.74 Å². The van der Waals surface area contributed by atoms with Crippen LogP contribution >= 0.6 is 0 Å². The summed E-state index contributed by atoms with van der Waals surface area (Å²) in [6.07, 6.45) is 3.09. The Hall–Kier alpha value is -1.50. The summed E-state index contributed by atoms with van der Waals surface area (Å²) in [5, 5.41) is 0. The van der Waals surface area contributed by atoms with Crippen LogP contribution in [0.4, 0.5) is 0 Å². The minimum absolute atomic E-state index is 1.09. The summed E-state index contributed by atoms with van der Waals surface area (Å²) in [6, 6.07) is 10.1. The maximum atomic E-state index is 4.95. The second-order valence-corrected chi connectivity index (χ2v) is 2.47. The van der Waals surface area contributed by atoms with Crippen molar-refractivity contribution < 1.29 is 4.74 Å². The molecule has 0 aliphatic rings. The van der Waals surface area contributed by atoms with E-state index in [0.717, 1.165) is 5.57 Å². The molecule has 1 heteroatoms. The van der Waals surface area contributed by atoms with Gasteiger partial charge in [-0.25, -0.2) is 0 Å². The minimum Gasteiger partial charge on any atom is -0.473 e. The van der Waals surface area contributed by atoms with Crippen molar-refractivity contribution in [2.45, 2.75) is 6.92 Å². The van der Waals surface area contributed by atoms with Gasteiger partial charge in [0.1, 0.15) is 0 Å². The quantitative estimate of drug-likeness (QED) is 0.617. The van der Waals surface area contributed by atoms with E-state index in [2.05, 4.69) is 6.58 Å². The Morgan fingerprint density at radius 1 is 1.33 bits per heavy atom. The molecule has 1 nitrogen and oxygen atoms in total. The van der Waals surface area contributed by atoms with E-state index in [4.69, 9.17) is 4.74 Å². The highest BCUT2D eigenvalue weighted by atomic mass is 16.5. The number of ether oxygens (including phenoxy) is 1. The molecule has 0 fully saturated rings. The first-order valence-corrected chi connectivity index (χ1v) is 3.83. The molecule has 0 radical (unpaired) electrons. The summed E-state index contributed by atoms with van der Waals surface area (Å²) < 4.78 is 4.95. The van der Waals surface area contributed by atoms with Crippen molar-refractivity contribution in [3.8, 4) is 0 Å². The minimum atomic E-state index is 1.09. The lowest BCUT2D eigenvalue weighted by Gasteiger charge is -1.99. The Morgan fingerprint density at radius 2 is 2.00 bits per heavy atom. The largest absolute Gasteiger partial charge is 0.473 e. The second kappa shape index (κ2) is 4.39. The smallest absolute Gasteiger partial charge is 0.0936 e. The second-order valence-electron chi connectivity index (χ2n) is 2.47. The highest BCUT2D eigenvalue weighted by molar-refractivity contribution is 5.62. The standard InChI is InChI=1S/C11H12O/c1-3-12-9-10(2)11-7-5-4-6-8-11/h3-9H,1H2,2H3. The van der Waals surface area contributed by atoms with Crippen molar-refractivity contribution in [2.24, 2.45) is 0 Å². The first kappa shape index (κ1) is 8.60. The fourth-order valence-electron chi connectivity index (χ4n) is 0.919. The average Bonchev–Trinajstić information content (AvgIpc) is 2.15. The zero-order valence-corrected chi connectivity index (χ0v) is 7.16. The van der Waals surface area contributed by atoms with Crippen molar-refractivity contribution >= 4 is 5.57 Å². The van der Waals surface area contributed by atoms with Crippen LogP contribution in [-0.4, -0.2) is 0 Å². The Bertz CT molecular complexity index is 272. The predicted molar refractivity (Wildman–Crippen MR) is 51.4 cm³/mol. The molecule has 0 bridgehead atoms. The van der Waals surface area contributed by atoms with Crippen LogP contribution in [0.5, 0.6) is 0 Å². The Kier molecular flexibility index (Phi) is 3.15. The third kappa shape index (κ3) is 2.27. The molecule has 62 valence electrons. The molecule has 0 aliphatic carbocycles. The van der Waals surface area contributed by atoms with Crippen LogP contribution < -0.4 is 0 Å². The lowest BCUT2D eigenvalue weighted by molar-refractivity contribution is 0.406. The third-order valence-corrected chi connectivity index (χ3v) is 1.57. The van der Waals surface area contributed by atoms with Gasteiger partial charge in [-0.3, -0.25) is 0 Å². The van der Waals surface area contributed by atoms with Gasteiger partial charge in [0.05, 0.1) is 12.5 Å². The molecule has 0 saturated heterocycles. The highest BCUT2D eigenvalue weighted by Crippen LogP contribution is 2.12. The van der Waals surface area contributed by atoms with Gasteiger partial charge in [0, 0.05) is 0 Å². The SMILES string of the molecule is C=COC=C(C)c1ccccc1. The first-order chi connectivity index (χ1) is 5.84. The van der Waals surface area contributed by atoms with E-state index >= 15 is 0 Å². The summed E-state index contributed by atoms with van der Waals surface area (Å²) in [5.41, 5.74) is 2.26. The molecule has 1 aromatic carbocycles. The number of hydrogen-bond donors (Lipinski definition) is 0. The number of rotatable bonds is 3. The number of allylic oxidation sites excluding steroid dienone is 1. The molecule has 0 aromatic heterocycles. The third-order valence-electron chi connectivity index (χ3n) is 1.57. The van der Waals surface area contributed by atoms with Gasteiger partial charge in [-0.1, -0.05) is 36.9 Å². The molecule has 0 spiro atoms. The maximum absolute atomic E-state index is 4.95. The highest BCUT2D eigenvalue weighted by Gasteiger charge is 1.91. The van der Waals surface area contributed by atoms with Gasteiger partial charge in [-0.15, -0.1) is 0 Å².